The molecule has 0 saturated carbocycles. The summed E-state index contributed by atoms with van der Waals surface area (Å²) in [5.41, 5.74) is 8.08. The molecule has 186 valence electrons. The smallest absolute Gasteiger partial charge is 0.253 e. The number of nitrogens with zero attached hydrogens (tertiary/aromatic N) is 4. The van der Waals surface area contributed by atoms with E-state index >= 15 is 0 Å². The van der Waals surface area contributed by atoms with Crippen molar-refractivity contribution in [3.05, 3.63) is 83.2 Å². The van der Waals surface area contributed by atoms with E-state index in [0.717, 1.165) is 81.4 Å². The third kappa shape index (κ3) is 4.42. The molecule has 2 N–H and O–H groups in total. The number of hydrogen-bond acceptors (Lipinski definition) is 5. The molecule has 1 amide bonds. The molecule has 6 rings (SSSR count). The summed E-state index contributed by atoms with van der Waals surface area (Å²) in [5, 5.41) is 13.2. The van der Waals surface area contributed by atoms with Crippen LogP contribution in [0.5, 0.6) is 0 Å². The number of hydrogen-bond donors (Lipinski definition) is 2. The zero-order valence-electron chi connectivity index (χ0n) is 21.4. The van der Waals surface area contributed by atoms with Gasteiger partial charge >= 0.3 is 0 Å². The number of aryl methyl sites for hydroxylation is 3. The first-order chi connectivity index (χ1) is 18.0. The second-order valence-corrected chi connectivity index (χ2v) is 9.99. The number of rotatable bonds is 4. The van der Waals surface area contributed by atoms with Gasteiger partial charge in [0.1, 0.15) is 0 Å². The normalized spacial score (nSPS) is 14.4. The molecule has 3 aromatic carbocycles. The zero-order chi connectivity index (χ0) is 25.5. The van der Waals surface area contributed by atoms with Crippen molar-refractivity contribution in [2.24, 2.45) is 0 Å². The van der Waals surface area contributed by atoms with E-state index in [1.54, 1.807) is 0 Å². The van der Waals surface area contributed by atoms with Gasteiger partial charge in [0.25, 0.3) is 5.91 Å². The first-order valence-electron chi connectivity index (χ1n) is 12.8. The van der Waals surface area contributed by atoms with E-state index in [2.05, 4.69) is 46.7 Å². The second kappa shape index (κ2) is 9.32. The fourth-order valence-corrected chi connectivity index (χ4v) is 5.27. The van der Waals surface area contributed by atoms with Crippen molar-refractivity contribution >= 4 is 33.7 Å². The van der Waals surface area contributed by atoms with Crippen LogP contribution in [0.1, 0.15) is 40.2 Å². The van der Waals surface area contributed by atoms with Crippen molar-refractivity contribution in [3.63, 3.8) is 0 Å². The van der Waals surface area contributed by atoms with Gasteiger partial charge < -0.3 is 10.2 Å². The highest BCUT2D eigenvalue weighted by atomic mass is 16.2. The second-order valence-electron chi connectivity index (χ2n) is 9.99. The van der Waals surface area contributed by atoms with Crippen LogP contribution in [-0.2, 0) is 0 Å². The monoisotopic (exact) mass is 490 g/mol. The molecule has 7 nitrogen and oxygen atoms in total. The molecule has 1 fully saturated rings. The molecule has 0 spiro atoms. The summed E-state index contributed by atoms with van der Waals surface area (Å²) in [4.78, 5) is 24.4. The van der Waals surface area contributed by atoms with Crippen LogP contribution in [0.2, 0.25) is 0 Å². The van der Waals surface area contributed by atoms with Gasteiger partial charge in [0, 0.05) is 41.2 Å². The fourth-order valence-electron chi connectivity index (χ4n) is 5.27. The van der Waals surface area contributed by atoms with Gasteiger partial charge in [-0.1, -0.05) is 35.9 Å². The van der Waals surface area contributed by atoms with Crippen molar-refractivity contribution in [3.8, 4) is 11.1 Å². The third-order valence-corrected chi connectivity index (χ3v) is 7.37. The van der Waals surface area contributed by atoms with Gasteiger partial charge in [-0.3, -0.25) is 9.89 Å². The van der Waals surface area contributed by atoms with Gasteiger partial charge in [-0.05, 0) is 75.1 Å². The Labute approximate surface area is 215 Å². The Morgan fingerprint density at radius 2 is 1.73 bits per heavy atom. The highest BCUT2D eigenvalue weighted by Gasteiger charge is 2.24. The van der Waals surface area contributed by atoms with Crippen LogP contribution >= 0.6 is 0 Å². The third-order valence-electron chi connectivity index (χ3n) is 7.37. The number of benzene rings is 3. The van der Waals surface area contributed by atoms with Gasteiger partial charge in [-0.15, -0.1) is 0 Å². The van der Waals surface area contributed by atoms with E-state index < -0.39 is 0 Å². The Hall–Kier alpha value is -4.26. The fraction of sp³-hybridized carbons (Fsp3) is 0.267. The maximum absolute atomic E-state index is 12.8. The first-order valence-corrected chi connectivity index (χ1v) is 12.8. The largest absolute Gasteiger partial charge is 0.351 e. The van der Waals surface area contributed by atoms with Gasteiger partial charge in [0.2, 0.25) is 5.95 Å². The molecule has 7 heteroatoms. The van der Waals surface area contributed by atoms with Gasteiger partial charge in [0.05, 0.1) is 16.7 Å². The highest BCUT2D eigenvalue weighted by molar-refractivity contribution is 5.99. The van der Waals surface area contributed by atoms with E-state index in [1.165, 1.54) is 0 Å². The van der Waals surface area contributed by atoms with E-state index in [-0.39, 0.29) is 11.9 Å². The Kier molecular flexibility index (Phi) is 5.83. The number of aromatic nitrogens is 4. The average molecular weight is 491 g/mol. The zero-order valence-corrected chi connectivity index (χ0v) is 21.4. The predicted molar refractivity (Wildman–Crippen MR) is 148 cm³/mol. The summed E-state index contributed by atoms with van der Waals surface area (Å²) in [6.45, 7) is 7.56. The first kappa shape index (κ1) is 23.2. The molecule has 2 aromatic heterocycles. The minimum atomic E-state index is 0.105. The van der Waals surface area contributed by atoms with Crippen LogP contribution in [0.25, 0.3) is 32.9 Å². The predicted octanol–water partition coefficient (Wildman–Crippen LogP) is 5.82. The van der Waals surface area contributed by atoms with Crippen LogP contribution < -0.4 is 5.32 Å². The summed E-state index contributed by atoms with van der Waals surface area (Å²) in [5.74, 6) is 0.752. The van der Waals surface area contributed by atoms with E-state index in [4.69, 9.17) is 9.97 Å². The molecule has 0 aliphatic carbocycles. The minimum absolute atomic E-state index is 0.105. The van der Waals surface area contributed by atoms with Gasteiger partial charge in [0.15, 0.2) is 0 Å². The van der Waals surface area contributed by atoms with Crippen molar-refractivity contribution in [1.82, 2.24) is 25.1 Å². The average Bonchev–Trinajstić information content (AvgIpc) is 3.30. The number of piperidine rings is 1. The van der Waals surface area contributed by atoms with Crippen molar-refractivity contribution in [2.45, 2.75) is 39.7 Å². The molecule has 0 unspecified atom stereocenters. The molecule has 0 atom stereocenters. The number of aromatic amines is 1. The highest BCUT2D eigenvalue weighted by Crippen LogP contribution is 2.32. The lowest BCUT2D eigenvalue weighted by Gasteiger charge is -2.32. The lowest BCUT2D eigenvalue weighted by atomic mass is 9.98. The molecule has 1 aliphatic rings. The van der Waals surface area contributed by atoms with Crippen molar-refractivity contribution < 1.29 is 4.79 Å². The quantitative estimate of drug-likeness (QED) is 0.332. The topological polar surface area (TPSA) is 86.8 Å². The van der Waals surface area contributed by atoms with Crippen LogP contribution in [0.3, 0.4) is 0 Å². The number of fused-ring (bicyclic) bond motifs is 2. The van der Waals surface area contributed by atoms with Crippen LogP contribution in [0, 0.1) is 20.8 Å². The summed E-state index contributed by atoms with van der Waals surface area (Å²) in [6.07, 6.45) is 1.73. The Balaban J connectivity index is 1.18. The summed E-state index contributed by atoms with van der Waals surface area (Å²) in [6, 6.07) is 20.6. The number of carbonyl (C=O) groups excluding carboxylic acids is 1. The lowest BCUT2D eigenvalue weighted by Crippen LogP contribution is -2.42. The van der Waals surface area contributed by atoms with Crippen LogP contribution in [0.15, 0.2) is 60.7 Å². The van der Waals surface area contributed by atoms with E-state index in [1.807, 2.05) is 55.1 Å². The number of likely N-dealkylation sites (tertiary alicyclic amines) is 1. The maximum Gasteiger partial charge on any atom is 0.253 e. The Morgan fingerprint density at radius 1 is 0.946 bits per heavy atom. The van der Waals surface area contributed by atoms with E-state index in [0.29, 0.717) is 5.95 Å². The molecule has 5 aromatic rings. The van der Waals surface area contributed by atoms with Gasteiger partial charge in [-0.25, -0.2) is 9.97 Å². The molecule has 0 radical (unpaired) electrons. The van der Waals surface area contributed by atoms with E-state index in [9.17, 15) is 4.79 Å². The van der Waals surface area contributed by atoms with Crippen LogP contribution in [0.4, 0.5) is 5.95 Å². The molecular formula is C30H30N6O. The number of carbonyl (C=O) groups is 1. The molecule has 1 saturated heterocycles. The van der Waals surface area contributed by atoms with Crippen molar-refractivity contribution in [1.29, 1.82) is 0 Å². The Morgan fingerprint density at radius 3 is 2.51 bits per heavy atom. The number of H-pyrrole nitrogens is 1. The summed E-state index contributed by atoms with van der Waals surface area (Å²) >= 11 is 0. The number of nitrogens with one attached hydrogen (secondary N) is 2. The van der Waals surface area contributed by atoms with Crippen LogP contribution in [-0.4, -0.2) is 50.1 Å². The van der Waals surface area contributed by atoms with Gasteiger partial charge in [-0.2, -0.15) is 5.10 Å². The summed E-state index contributed by atoms with van der Waals surface area (Å²) < 4.78 is 0. The minimum Gasteiger partial charge on any atom is -0.351 e. The standard InChI is InChI=1S/C30H30N6O/c1-18-7-9-21(10-8-18)29(37)36-15-13-23(14-16-36)32-30-31-19(2)25-17-22(11-12-26(25)33-30)24-5-4-6-27-28(24)20(3)34-35-27/h4-12,17,23H,13-16H2,1-3H3,(H,34,35)(H,31,32,33). The number of amides is 1. The molecule has 3 heterocycles. The lowest BCUT2D eigenvalue weighted by molar-refractivity contribution is 0.0718. The molecule has 37 heavy (non-hydrogen) atoms. The molecule has 0 bridgehead atoms. The molecular weight excluding hydrogens is 460 g/mol. The Bertz CT molecular complexity index is 1610. The summed E-state index contributed by atoms with van der Waals surface area (Å²) in [7, 11) is 0. The number of anilines is 1. The SMILES string of the molecule is Cc1ccc(C(=O)N2CCC(Nc3nc(C)c4cc(-c5cccc6n[nH]c(C)c56)ccc4n3)CC2)cc1. The van der Waals surface area contributed by atoms with Crippen molar-refractivity contribution in [2.75, 3.05) is 18.4 Å². The molecule has 1 aliphatic heterocycles. The maximum atomic E-state index is 12.8.